The minimum absolute atomic E-state index is 0.101. The van der Waals surface area contributed by atoms with Crippen LogP contribution in [0.4, 0.5) is 29.7 Å². The van der Waals surface area contributed by atoms with E-state index in [4.69, 9.17) is 17.0 Å². The molecule has 2 amide bonds. The zero-order chi connectivity index (χ0) is 22.1. The molecule has 0 radical (unpaired) electrons. The van der Waals surface area contributed by atoms with Gasteiger partial charge in [-0.15, -0.1) is 0 Å². The number of hydrogen-bond donors (Lipinski definition) is 1. The Morgan fingerprint density at radius 1 is 1.23 bits per heavy atom. The fourth-order valence-electron chi connectivity index (χ4n) is 3.79. The van der Waals surface area contributed by atoms with Crippen molar-refractivity contribution >= 4 is 40.8 Å². The molecule has 1 aliphatic carbocycles. The van der Waals surface area contributed by atoms with Crippen molar-refractivity contribution in [2.45, 2.75) is 18.9 Å². The number of carbonyl (C=O) groups excluding carboxylic acids is 2. The molecular weight excluding hydrogens is 430 g/mol. The lowest BCUT2D eigenvalue weighted by Gasteiger charge is -2.35. The average Bonchev–Trinajstić information content (AvgIpc) is 3.54. The second-order valence-electron chi connectivity index (χ2n) is 7.84. The number of halogens is 2. The van der Waals surface area contributed by atoms with Gasteiger partial charge in [0.15, 0.2) is 11.6 Å². The first-order valence-corrected chi connectivity index (χ1v) is 10.6. The van der Waals surface area contributed by atoms with E-state index in [1.165, 1.54) is 16.9 Å². The fourth-order valence-corrected chi connectivity index (χ4v) is 4.11. The Morgan fingerprint density at radius 3 is 2.45 bits per heavy atom. The topological polar surface area (TPSA) is 74.3 Å². The lowest BCUT2D eigenvalue weighted by molar-refractivity contribution is 0.121. The molecule has 31 heavy (non-hydrogen) atoms. The molecule has 0 aromatic heterocycles. The van der Waals surface area contributed by atoms with Gasteiger partial charge in [0.2, 0.25) is 0 Å². The predicted molar refractivity (Wildman–Crippen MR) is 113 cm³/mol. The van der Waals surface area contributed by atoms with Crippen molar-refractivity contribution in [3.8, 4) is 0 Å². The van der Waals surface area contributed by atoms with Gasteiger partial charge in [0.05, 0.1) is 30.9 Å². The molecule has 2 aliphatic heterocycles. The number of rotatable bonds is 5. The van der Waals surface area contributed by atoms with Crippen LogP contribution in [-0.2, 0) is 9.47 Å². The molecular formula is C20H24F2N4O4S. The van der Waals surface area contributed by atoms with Crippen molar-refractivity contribution in [3.63, 3.8) is 0 Å². The second-order valence-corrected chi connectivity index (χ2v) is 8.28. The highest BCUT2D eigenvalue weighted by molar-refractivity contribution is 7.80. The number of thiocarbonyl (C=S) groups is 1. The van der Waals surface area contributed by atoms with Gasteiger partial charge in [0, 0.05) is 44.2 Å². The van der Waals surface area contributed by atoms with E-state index < -0.39 is 29.9 Å². The molecule has 1 N–H and O–H groups in total. The zero-order valence-corrected chi connectivity index (χ0v) is 17.9. The quantitative estimate of drug-likeness (QED) is 0.686. The van der Waals surface area contributed by atoms with Crippen LogP contribution in [0.3, 0.4) is 0 Å². The highest BCUT2D eigenvalue weighted by atomic mass is 32.1. The van der Waals surface area contributed by atoms with Crippen LogP contribution in [-0.4, -0.2) is 74.6 Å². The van der Waals surface area contributed by atoms with Gasteiger partial charge in [-0.25, -0.2) is 18.4 Å². The first kappa shape index (κ1) is 21.5. The van der Waals surface area contributed by atoms with Crippen LogP contribution in [0.5, 0.6) is 0 Å². The largest absolute Gasteiger partial charge is 0.453 e. The van der Waals surface area contributed by atoms with Gasteiger partial charge in [-0.1, -0.05) is 12.2 Å². The lowest BCUT2D eigenvalue weighted by Crippen LogP contribution is -2.49. The number of piperazine rings is 1. The number of benzene rings is 1. The molecule has 8 nitrogen and oxygen atoms in total. The average molecular weight is 454 g/mol. The highest BCUT2D eigenvalue weighted by Gasteiger charge is 2.35. The lowest BCUT2D eigenvalue weighted by atomic mass is 10.2. The van der Waals surface area contributed by atoms with Crippen LogP contribution in [0, 0.1) is 17.6 Å². The normalized spacial score (nSPS) is 21.2. The van der Waals surface area contributed by atoms with Gasteiger partial charge in [-0.05, 0) is 12.8 Å². The van der Waals surface area contributed by atoms with E-state index >= 15 is 0 Å². The number of nitrogens with one attached hydrogen (secondary N) is 1. The summed E-state index contributed by atoms with van der Waals surface area (Å²) in [5, 5.41) is 3.11. The van der Waals surface area contributed by atoms with E-state index in [1.807, 2.05) is 0 Å². The number of nitrogens with zero attached hydrogens (tertiary/aromatic N) is 3. The van der Waals surface area contributed by atoms with E-state index in [-0.39, 0.29) is 31.0 Å². The summed E-state index contributed by atoms with van der Waals surface area (Å²) in [4.78, 5) is 28.8. The fraction of sp³-hybridized carbons (Fsp3) is 0.550. The Morgan fingerprint density at radius 2 is 1.87 bits per heavy atom. The Balaban J connectivity index is 1.40. The molecule has 1 aromatic carbocycles. The van der Waals surface area contributed by atoms with Crippen LogP contribution >= 0.6 is 12.2 Å². The minimum Gasteiger partial charge on any atom is -0.453 e. The molecule has 1 saturated carbocycles. The van der Waals surface area contributed by atoms with Crippen LogP contribution in [0.25, 0.3) is 0 Å². The SMILES string of the molecule is COC(=O)N1CCN(c2c(F)cc(N3CC(CNC(=S)C4CC4)OC3=O)cc2F)CC1. The van der Waals surface area contributed by atoms with Gasteiger partial charge < -0.3 is 24.6 Å². The molecule has 1 atom stereocenters. The summed E-state index contributed by atoms with van der Waals surface area (Å²) in [6.07, 6.45) is 0.574. The van der Waals surface area contributed by atoms with Gasteiger partial charge in [0.1, 0.15) is 11.8 Å². The van der Waals surface area contributed by atoms with Crippen LogP contribution in [0.1, 0.15) is 12.8 Å². The Kier molecular flexibility index (Phi) is 6.12. The third-order valence-corrected chi connectivity index (χ3v) is 6.15. The standard InChI is InChI=1S/C20H24F2N4O4S/c1-29-19(27)25-6-4-24(5-7-25)17-15(21)8-13(9-16(17)22)26-11-14(30-20(26)28)10-23-18(31)12-2-3-12/h8-9,12,14H,2-7,10-11H2,1H3,(H,23,31). The summed E-state index contributed by atoms with van der Waals surface area (Å²) in [5.41, 5.74) is -0.0713. The molecule has 2 saturated heterocycles. The third-order valence-electron chi connectivity index (χ3n) is 5.67. The maximum Gasteiger partial charge on any atom is 0.414 e. The molecule has 3 fully saturated rings. The number of amides is 2. The molecule has 168 valence electrons. The summed E-state index contributed by atoms with van der Waals surface area (Å²) in [5.74, 6) is -1.13. The third kappa shape index (κ3) is 4.65. The molecule has 1 aromatic rings. The number of anilines is 2. The van der Waals surface area contributed by atoms with Crippen molar-refractivity contribution in [3.05, 3.63) is 23.8 Å². The van der Waals surface area contributed by atoms with E-state index in [0.29, 0.717) is 25.6 Å². The van der Waals surface area contributed by atoms with Crippen molar-refractivity contribution < 1.29 is 27.8 Å². The minimum atomic E-state index is -0.772. The van der Waals surface area contributed by atoms with Crippen LogP contribution in [0.2, 0.25) is 0 Å². The van der Waals surface area contributed by atoms with Crippen LogP contribution < -0.4 is 15.1 Å². The molecule has 0 spiro atoms. The Hall–Kier alpha value is -2.69. The summed E-state index contributed by atoms with van der Waals surface area (Å²) in [6.45, 7) is 1.66. The number of hydrogen-bond acceptors (Lipinski definition) is 6. The summed E-state index contributed by atoms with van der Waals surface area (Å²) < 4.78 is 39.7. The maximum absolute atomic E-state index is 14.8. The molecule has 1 unspecified atom stereocenters. The van der Waals surface area contributed by atoms with E-state index in [0.717, 1.165) is 30.0 Å². The van der Waals surface area contributed by atoms with Gasteiger partial charge in [-0.2, -0.15) is 0 Å². The molecule has 2 heterocycles. The molecule has 4 rings (SSSR count). The maximum atomic E-state index is 14.8. The number of carbonyl (C=O) groups is 2. The van der Waals surface area contributed by atoms with Crippen molar-refractivity contribution in [2.75, 3.05) is 56.2 Å². The molecule has 11 heteroatoms. The van der Waals surface area contributed by atoms with Crippen LogP contribution in [0.15, 0.2) is 12.1 Å². The zero-order valence-electron chi connectivity index (χ0n) is 17.1. The van der Waals surface area contributed by atoms with Gasteiger partial charge in [-0.3, -0.25) is 4.90 Å². The van der Waals surface area contributed by atoms with Gasteiger partial charge >= 0.3 is 12.2 Å². The van der Waals surface area contributed by atoms with Crippen molar-refractivity contribution in [2.24, 2.45) is 5.92 Å². The molecule has 0 bridgehead atoms. The van der Waals surface area contributed by atoms with E-state index in [2.05, 4.69) is 10.1 Å². The number of methoxy groups -OCH3 is 1. The monoisotopic (exact) mass is 454 g/mol. The first-order valence-electron chi connectivity index (χ1n) is 10.2. The number of cyclic esters (lactones) is 1. The summed E-state index contributed by atoms with van der Waals surface area (Å²) in [7, 11) is 1.29. The van der Waals surface area contributed by atoms with Gasteiger partial charge in [0.25, 0.3) is 0 Å². The van der Waals surface area contributed by atoms with Crippen molar-refractivity contribution in [1.82, 2.24) is 10.2 Å². The predicted octanol–water partition coefficient (Wildman–Crippen LogP) is 2.51. The smallest absolute Gasteiger partial charge is 0.414 e. The Labute approximate surface area is 184 Å². The van der Waals surface area contributed by atoms with E-state index in [9.17, 15) is 18.4 Å². The summed E-state index contributed by atoms with van der Waals surface area (Å²) >= 11 is 5.27. The van der Waals surface area contributed by atoms with Crippen molar-refractivity contribution in [1.29, 1.82) is 0 Å². The Bertz CT molecular complexity index is 867. The molecule has 3 aliphatic rings. The number of ether oxygens (including phenoxy) is 2. The van der Waals surface area contributed by atoms with E-state index in [1.54, 1.807) is 4.90 Å². The summed E-state index contributed by atoms with van der Waals surface area (Å²) in [6, 6.07) is 2.27. The first-order chi connectivity index (χ1) is 14.9. The highest BCUT2D eigenvalue weighted by Crippen LogP contribution is 2.32. The second kappa shape index (κ2) is 8.81.